The third-order valence-corrected chi connectivity index (χ3v) is 4.97. The molecule has 1 aliphatic carbocycles. The number of amides is 1. The molecule has 134 valence electrons. The standard InChI is InChI=1S/C18H26N2O3.ClH/c1-11(2)23-16-7-5-12(8-17(16)22-3)18(21)20-9-13-4-6-15(19)14(13)10-20;/h5,7-8,11,13-15H,4,6,9-10,19H2,1-3H3;1H. The van der Waals surface area contributed by atoms with Crippen LogP contribution in [0.4, 0.5) is 0 Å². The topological polar surface area (TPSA) is 64.8 Å². The molecule has 3 atom stereocenters. The normalized spacial score (nSPS) is 25.4. The van der Waals surface area contributed by atoms with Crippen LogP contribution in [0, 0.1) is 11.8 Å². The fourth-order valence-corrected chi connectivity index (χ4v) is 3.81. The van der Waals surface area contributed by atoms with Gasteiger partial charge in [-0.25, -0.2) is 0 Å². The largest absolute Gasteiger partial charge is 0.493 e. The van der Waals surface area contributed by atoms with Gasteiger partial charge >= 0.3 is 0 Å². The van der Waals surface area contributed by atoms with E-state index >= 15 is 0 Å². The molecular formula is C18H27ClN2O3. The Kier molecular flexibility index (Phi) is 5.99. The van der Waals surface area contributed by atoms with Crippen LogP contribution in [-0.2, 0) is 0 Å². The summed E-state index contributed by atoms with van der Waals surface area (Å²) in [6, 6.07) is 5.65. The van der Waals surface area contributed by atoms with E-state index in [1.807, 2.05) is 30.9 Å². The SMILES string of the molecule is COc1cc(C(=O)N2CC3CCC(N)C3C2)ccc1OC(C)C.Cl. The zero-order valence-electron chi connectivity index (χ0n) is 14.5. The molecule has 0 aromatic heterocycles. The van der Waals surface area contributed by atoms with E-state index in [1.165, 1.54) is 0 Å². The monoisotopic (exact) mass is 354 g/mol. The lowest BCUT2D eigenvalue weighted by atomic mass is 9.98. The maximum absolute atomic E-state index is 12.8. The molecule has 24 heavy (non-hydrogen) atoms. The zero-order valence-corrected chi connectivity index (χ0v) is 15.3. The molecule has 6 heteroatoms. The number of benzene rings is 1. The van der Waals surface area contributed by atoms with E-state index in [-0.39, 0.29) is 30.5 Å². The molecule has 1 aromatic carbocycles. The van der Waals surface area contributed by atoms with E-state index in [0.717, 1.165) is 25.9 Å². The average molecular weight is 355 g/mol. The molecule has 3 rings (SSSR count). The first-order valence-electron chi connectivity index (χ1n) is 8.39. The van der Waals surface area contributed by atoms with Crippen LogP contribution in [0.5, 0.6) is 11.5 Å². The minimum atomic E-state index is 0. The maximum Gasteiger partial charge on any atom is 0.254 e. The Morgan fingerprint density at radius 2 is 2.00 bits per heavy atom. The third kappa shape index (κ3) is 3.62. The molecule has 2 fully saturated rings. The quantitative estimate of drug-likeness (QED) is 0.902. The fraction of sp³-hybridized carbons (Fsp3) is 0.611. The molecule has 0 spiro atoms. The Hall–Kier alpha value is -1.46. The Morgan fingerprint density at radius 1 is 1.25 bits per heavy atom. The number of hydrogen-bond acceptors (Lipinski definition) is 4. The number of fused-ring (bicyclic) bond motifs is 1. The van der Waals surface area contributed by atoms with Crippen LogP contribution in [0.15, 0.2) is 18.2 Å². The van der Waals surface area contributed by atoms with E-state index in [0.29, 0.717) is 28.9 Å². The van der Waals surface area contributed by atoms with E-state index in [2.05, 4.69) is 0 Å². The lowest BCUT2D eigenvalue weighted by Crippen LogP contribution is -2.33. The van der Waals surface area contributed by atoms with Gasteiger partial charge in [-0.2, -0.15) is 0 Å². The van der Waals surface area contributed by atoms with Crippen molar-refractivity contribution in [3.05, 3.63) is 23.8 Å². The van der Waals surface area contributed by atoms with E-state index in [4.69, 9.17) is 15.2 Å². The first-order valence-corrected chi connectivity index (χ1v) is 8.39. The van der Waals surface area contributed by atoms with Crippen molar-refractivity contribution in [1.29, 1.82) is 0 Å². The molecule has 1 aromatic rings. The molecule has 0 radical (unpaired) electrons. The summed E-state index contributed by atoms with van der Waals surface area (Å²) in [5.41, 5.74) is 6.80. The summed E-state index contributed by atoms with van der Waals surface area (Å²) in [5, 5.41) is 0. The van der Waals surface area contributed by atoms with Crippen molar-refractivity contribution >= 4 is 18.3 Å². The second-order valence-electron chi connectivity index (χ2n) is 6.91. The van der Waals surface area contributed by atoms with Crippen molar-refractivity contribution < 1.29 is 14.3 Å². The molecule has 5 nitrogen and oxygen atoms in total. The number of carbonyl (C=O) groups is 1. The van der Waals surface area contributed by atoms with Gasteiger partial charge in [0.15, 0.2) is 11.5 Å². The number of nitrogens with zero attached hydrogens (tertiary/aromatic N) is 1. The number of ether oxygens (including phenoxy) is 2. The van der Waals surface area contributed by atoms with Gasteiger partial charge in [-0.1, -0.05) is 0 Å². The van der Waals surface area contributed by atoms with Crippen LogP contribution in [0.2, 0.25) is 0 Å². The Labute approximate surface area is 149 Å². The van der Waals surface area contributed by atoms with Gasteiger partial charge in [-0.15, -0.1) is 12.4 Å². The van der Waals surface area contributed by atoms with Gasteiger partial charge in [0.1, 0.15) is 0 Å². The summed E-state index contributed by atoms with van der Waals surface area (Å²) in [7, 11) is 1.59. The number of likely N-dealkylation sites (tertiary alicyclic amines) is 1. The highest BCUT2D eigenvalue weighted by Crippen LogP contribution is 2.38. The average Bonchev–Trinajstić information content (AvgIpc) is 3.09. The summed E-state index contributed by atoms with van der Waals surface area (Å²) in [6.07, 6.45) is 2.29. The van der Waals surface area contributed by atoms with Gasteiger partial charge in [0.05, 0.1) is 13.2 Å². The molecule has 2 aliphatic rings. The first kappa shape index (κ1) is 18.9. The summed E-state index contributed by atoms with van der Waals surface area (Å²) in [6.45, 7) is 5.52. The minimum absolute atomic E-state index is 0. The lowest BCUT2D eigenvalue weighted by molar-refractivity contribution is 0.0779. The molecule has 2 N–H and O–H groups in total. The highest BCUT2D eigenvalue weighted by Gasteiger charge is 2.42. The summed E-state index contributed by atoms with van der Waals surface area (Å²) < 4.78 is 11.1. The van der Waals surface area contributed by atoms with Gasteiger partial charge in [-0.05, 0) is 56.7 Å². The van der Waals surface area contributed by atoms with Gasteiger partial charge < -0.3 is 20.1 Å². The number of methoxy groups -OCH3 is 1. The van der Waals surface area contributed by atoms with Gasteiger partial charge in [-0.3, -0.25) is 4.79 Å². The Balaban J connectivity index is 0.00000208. The van der Waals surface area contributed by atoms with Crippen molar-refractivity contribution in [2.45, 2.75) is 38.8 Å². The van der Waals surface area contributed by atoms with Crippen molar-refractivity contribution in [2.75, 3.05) is 20.2 Å². The van der Waals surface area contributed by atoms with Crippen molar-refractivity contribution in [3.63, 3.8) is 0 Å². The number of carbonyl (C=O) groups excluding carboxylic acids is 1. The molecule has 1 aliphatic heterocycles. The Bertz CT molecular complexity index is 594. The zero-order chi connectivity index (χ0) is 16.6. The first-order chi connectivity index (χ1) is 11.0. The molecule has 1 saturated carbocycles. The second-order valence-corrected chi connectivity index (χ2v) is 6.91. The van der Waals surface area contributed by atoms with Crippen LogP contribution >= 0.6 is 12.4 Å². The van der Waals surface area contributed by atoms with Gasteiger partial charge in [0.2, 0.25) is 0 Å². The van der Waals surface area contributed by atoms with Crippen LogP contribution in [0.25, 0.3) is 0 Å². The Morgan fingerprint density at radius 3 is 2.62 bits per heavy atom. The van der Waals surface area contributed by atoms with Crippen LogP contribution in [0.1, 0.15) is 37.0 Å². The molecule has 1 saturated heterocycles. The predicted octanol–water partition coefficient (Wildman–Crippen LogP) is 2.71. The fourth-order valence-electron chi connectivity index (χ4n) is 3.81. The van der Waals surface area contributed by atoms with Crippen molar-refractivity contribution in [2.24, 2.45) is 17.6 Å². The lowest BCUT2D eigenvalue weighted by Gasteiger charge is -2.20. The third-order valence-electron chi connectivity index (χ3n) is 4.97. The molecule has 1 heterocycles. The maximum atomic E-state index is 12.8. The highest BCUT2D eigenvalue weighted by molar-refractivity contribution is 5.95. The van der Waals surface area contributed by atoms with Crippen LogP contribution < -0.4 is 15.2 Å². The molecular weight excluding hydrogens is 328 g/mol. The summed E-state index contributed by atoms with van der Waals surface area (Å²) >= 11 is 0. The number of hydrogen-bond donors (Lipinski definition) is 1. The molecule has 3 unspecified atom stereocenters. The number of halogens is 1. The molecule has 1 amide bonds. The van der Waals surface area contributed by atoms with Crippen LogP contribution in [0.3, 0.4) is 0 Å². The smallest absolute Gasteiger partial charge is 0.254 e. The number of rotatable bonds is 4. The predicted molar refractivity (Wildman–Crippen MR) is 96.1 cm³/mol. The van der Waals surface area contributed by atoms with Crippen molar-refractivity contribution in [3.8, 4) is 11.5 Å². The van der Waals surface area contributed by atoms with Gasteiger partial charge in [0, 0.05) is 24.7 Å². The highest BCUT2D eigenvalue weighted by atomic mass is 35.5. The van der Waals surface area contributed by atoms with Crippen LogP contribution in [-0.4, -0.2) is 43.2 Å². The van der Waals surface area contributed by atoms with E-state index in [1.54, 1.807) is 13.2 Å². The minimum Gasteiger partial charge on any atom is -0.493 e. The second kappa shape index (κ2) is 7.62. The van der Waals surface area contributed by atoms with Gasteiger partial charge in [0.25, 0.3) is 5.91 Å². The number of nitrogens with two attached hydrogens (primary N) is 1. The summed E-state index contributed by atoms with van der Waals surface area (Å²) in [4.78, 5) is 14.7. The molecule has 0 bridgehead atoms. The van der Waals surface area contributed by atoms with E-state index in [9.17, 15) is 4.79 Å². The van der Waals surface area contributed by atoms with Crippen molar-refractivity contribution in [1.82, 2.24) is 4.90 Å². The summed E-state index contributed by atoms with van der Waals surface area (Å²) in [5.74, 6) is 2.35. The van der Waals surface area contributed by atoms with E-state index < -0.39 is 0 Å².